The van der Waals surface area contributed by atoms with Crippen LogP contribution in [-0.4, -0.2) is 24.6 Å². The zero-order chi connectivity index (χ0) is 20.1. The SMILES string of the molecule is COc1cnc(C(F)F)cc1C1=C(C(=O)OCc2ccccc2)CNC(Cl)=C1. The third-order valence-corrected chi connectivity index (χ3v) is 4.35. The molecule has 1 aliphatic rings. The molecule has 8 heteroatoms. The van der Waals surface area contributed by atoms with Gasteiger partial charge in [-0.15, -0.1) is 0 Å². The molecule has 0 saturated carbocycles. The van der Waals surface area contributed by atoms with Crippen molar-refractivity contribution in [1.82, 2.24) is 10.3 Å². The third kappa shape index (κ3) is 4.48. The van der Waals surface area contributed by atoms with E-state index in [1.54, 1.807) is 0 Å². The Kier molecular flexibility index (Phi) is 6.26. The van der Waals surface area contributed by atoms with Gasteiger partial charge in [0, 0.05) is 17.7 Å². The quantitative estimate of drug-likeness (QED) is 0.575. The molecule has 5 nitrogen and oxygen atoms in total. The molecule has 28 heavy (non-hydrogen) atoms. The summed E-state index contributed by atoms with van der Waals surface area (Å²) in [6.45, 7) is 0.178. The maximum atomic E-state index is 13.1. The van der Waals surface area contributed by atoms with Crippen molar-refractivity contribution in [1.29, 1.82) is 0 Å². The van der Waals surface area contributed by atoms with Gasteiger partial charge in [-0.3, -0.25) is 4.98 Å². The Labute approximate surface area is 165 Å². The van der Waals surface area contributed by atoms with Gasteiger partial charge in [-0.1, -0.05) is 41.9 Å². The molecule has 0 atom stereocenters. The van der Waals surface area contributed by atoms with E-state index in [2.05, 4.69) is 10.3 Å². The van der Waals surface area contributed by atoms with Gasteiger partial charge in [-0.05, 0) is 17.7 Å². The topological polar surface area (TPSA) is 60.5 Å². The molecule has 0 radical (unpaired) electrons. The largest absolute Gasteiger partial charge is 0.494 e. The van der Waals surface area contributed by atoms with E-state index in [1.165, 1.54) is 25.4 Å². The van der Waals surface area contributed by atoms with Gasteiger partial charge in [-0.2, -0.15) is 0 Å². The Bertz CT molecular complexity index is 930. The van der Waals surface area contributed by atoms with Crippen molar-refractivity contribution < 1.29 is 23.0 Å². The van der Waals surface area contributed by atoms with E-state index in [9.17, 15) is 13.6 Å². The molecule has 3 rings (SSSR count). The molecule has 0 amide bonds. The number of nitrogens with zero attached hydrogens (tertiary/aromatic N) is 1. The van der Waals surface area contributed by atoms with Crippen molar-refractivity contribution in [2.45, 2.75) is 13.0 Å². The highest BCUT2D eigenvalue weighted by Gasteiger charge is 2.24. The first kappa shape index (κ1) is 19.8. The van der Waals surface area contributed by atoms with Crippen LogP contribution in [0.3, 0.4) is 0 Å². The molecule has 0 aliphatic carbocycles. The Hall–Kier alpha value is -2.93. The predicted molar refractivity (Wildman–Crippen MR) is 101 cm³/mol. The van der Waals surface area contributed by atoms with Crippen molar-refractivity contribution >= 4 is 23.1 Å². The molecule has 0 bridgehead atoms. The summed E-state index contributed by atoms with van der Waals surface area (Å²) >= 11 is 6.06. The number of hydrogen-bond acceptors (Lipinski definition) is 5. The van der Waals surface area contributed by atoms with Crippen LogP contribution in [0.1, 0.15) is 23.2 Å². The van der Waals surface area contributed by atoms with Gasteiger partial charge in [0.2, 0.25) is 0 Å². The van der Waals surface area contributed by atoms with Gasteiger partial charge in [0.05, 0.1) is 18.9 Å². The summed E-state index contributed by atoms with van der Waals surface area (Å²) in [6, 6.07) is 10.4. The molecule has 1 aromatic carbocycles. The van der Waals surface area contributed by atoms with Crippen LogP contribution in [0.5, 0.6) is 5.75 Å². The summed E-state index contributed by atoms with van der Waals surface area (Å²) in [6.07, 6.45) is -0.0856. The fraction of sp³-hybridized carbons (Fsp3) is 0.200. The summed E-state index contributed by atoms with van der Waals surface area (Å²) in [7, 11) is 1.39. The van der Waals surface area contributed by atoms with Gasteiger partial charge >= 0.3 is 5.97 Å². The standard InChI is InChI=1S/C20H17ClF2N2O3/c1-27-17-10-24-16(19(22)23)7-14(17)13-8-18(21)25-9-15(13)20(26)28-11-12-5-3-2-4-6-12/h2-8,10,19,25H,9,11H2,1H3. The molecule has 146 valence electrons. The number of nitrogens with one attached hydrogen (secondary N) is 1. The molecule has 1 aliphatic heterocycles. The highest BCUT2D eigenvalue weighted by molar-refractivity contribution is 6.30. The van der Waals surface area contributed by atoms with Crippen LogP contribution in [0.2, 0.25) is 0 Å². The first-order chi connectivity index (χ1) is 13.5. The lowest BCUT2D eigenvalue weighted by molar-refractivity contribution is -0.140. The molecular weight excluding hydrogens is 390 g/mol. The van der Waals surface area contributed by atoms with Gasteiger partial charge in [0.15, 0.2) is 0 Å². The summed E-state index contributed by atoms with van der Waals surface area (Å²) in [5.74, 6) is -0.334. The fourth-order valence-corrected chi connectivity index (χ4v) is 2.89. The lowest BCUT2D eigenvalue weighted by Gasteiger charge is -2.20. The minimum Gasteiger partial charge on any atom is -0.494 e. The van der Waals surface area contributed by atoms with E-state index in [1.807, 2.05) is 30.3 Å². The van der Waals surface area contributed by atoms with Crippen molar-refractivity contribution in [3.8, 4) is 5.75 Å². The van der Waals surface area contributed by atoms with Gasteiger partial charge in [-0.25, -0.2) is 13.6 Å². The molecule has 0 saturated heterocycles. The highest BCUT2D eigenvalue weighted by Crippen LogP contribution is 2.34. The van der Waals surface area contributed by atoms with Crippen LogP contribution >= 0.6 is 11.6 Å². The minimum absolute atomic E-state index is 0.0870. The Morgan fingerprint density at radius 2 is 2.07 bits per heavy atom. The van der Waals surface area contributed by atoms with Crippen LogP contribution in [0.15, 0.2) is 59.4 Å². The number of rotatable bonds is 6. The maximum Gasteiger partial charge on any atom is 0.336 e. The number of alkyl halides is 2. The number of halogens is 3. The normalized spacial score (nSPS) is 13.8. The van der Waals surface area contributed by atoms with Crippen molar-refractivity contribution in [2.24, 2.45) is 0 Å². The number of pyridine rings is 1. The average molecular weight is 407 g/mol. The first-order valence-corrected chi connectivity index (χ1v) is 8.75. The van der Waals surface area contributed by atoms with Gasteiger partial charge < -0.3 is 14.8 Å². The van der Waals surface area contributed by atoms with E-state index < -0.39 is 18.1 Å². The third-order valence-electron chi connectivity index (χ3n) is 4.11. The van der Waals surface area contributed by atoms with E-state index >= 15 is 0 Å². The lowest BCUT2D eigenvalue weighted by atomic mass is 9.97. The van der Waals surface area contributed by atoms with Crippen LogP contribution < -0.4 is 10.1 Å². The van der Waals surface area contributed by atoms with Crippen molar-refractivity contribution in [3.63, 3.8) is 0 Å². The number of carbonyl (C=O) groups excluding carboxylic acids is 1. The molecule has 1 N–H and O–H groups in total. The monoisotopic (exact) mass is 406 g/mol. The minimum atomic E-state index is -2.76. The smallest absolute Gasteiger partial charge is 0.336 e. The number of dihydropyridines is 1. The Morgan fingerprint density at radius 1 is 1.32 bits per heavy atom. The van der Waals surface area contributed by atoms with Gasteiger partial charge in [0.1, 0.15) is 23.2 Å². The van der Waals surface area contributed by atoms with E-state index in [4.69, 9.17) is 21.1 Å². The number of hydrogen-bond donors (Lipinski definition) is 1. The van der Waals surface area contributed by atoms with Crippen LogP contribution in [0.25, 0.3) is 5.57 Å². The number of allylic oxidation sites excluding steroid dienone is 2. The zero-order valence-corrected chi connectivity index (χ0v) is 15.7. The summed E-state index contributed by atoms with van der Waals surface area (Å²) < 4.78 is 36.9. The second-order valence-electron chi connectivity index (χ2n) is 5.91. The molecule has 2 aromatic rings. The Morgan fingerprint density at radius 3 is 2.75 bits per heavy atom. The second kappa shape index (κ2) is 8.84. The van der Waals surface area contributed by atoms with E-state index in [0.29, 0.717) is 11.1 Å². The second-order valence-corrected chi connectivity index (χ2v) is 6.32. The van der Waals surface area contributed by atoms with Crippen LogP contribution in [-0.2, 0) is 16.1 Å². The lowest BCUT2D eigenvalue weighted by Crippen LogP contribution is -2.25. The van der Waals surface area contributed by atoms with Gasteiger partial charge in [0.25, 0.3) is 6.43 Å². The molecule has 0 spiro atoms. The highest BCUT2D eigenvalue weighted by atomic mass is 35.5. The fourth-order valence-electron chi connectivity index (χ4n) is 2.72. The number of carbonyl (C=O) groups is 1. The predicted octanol–water partition coefficient (Wildman–Crippen LogP) is 4.21. The van der Waals surface area contributed by atoms with Crippen molar-refractivity contribution in [3.05, 3.63) is 76.2 Å². The summed E-state index contributed by atoms with van der Waals surface area (Å²) in [5, 5.41) is 3.12. The van der Waals surface area contributed by atoms with Crippen molar-refractivity contribution in [2.75, 3.05) is 13.7 Å². The zero-order valence-electron chi connectivity index (χ0n) is 14.9. The number of ether oxygens (including phenoxy) is 2. The molecule has 1 aromatic heterocycles. The van der Waals surface area contributed by atoms with E-state index in [0.717, 1.165) is 5.56 Å². The molecule has 0 unspecified atom stereocenters. The maximum absolute atomic E-state index is 13.1. The summed E-state index contributed by atoms with van der Waals surface area (Å²) in [5.41, 5.74) is 1.30. The van der Waals surface area contributed by atoms with Crippen LogP contribution in [0, 0.1) is 0 Å². The Balaban J connectivity index is 1.98. The molecular formula is C20H17ClF2N2O3. The number of methoxy groups -OCH3 is 1. The van der Waals surface area contributed by atoms with Crippen LogP contribution in [0.4, 0.5) is 8.78 Å². The summed E-state index contributed by atoms with van der Waals surface area (Å²) in [4.78, 5) is 16.4. The average Bonchev–Trinajstić information content (AvgIpc) is 2.72. The number of aromatic nitrogens is 1. The van der Waals surface area contributed by atoms with E-state index in [-0.39, 0.29) is 29.6 Å². The molecule has 2 heterocycles. The number of benzene rings is 1. The number of esters is 1. The first-order valence-electron chi connectivity index (χ1n) is 8.37. The molecule has 0 fully saturated rings.